The van der Waals surface area contributed by atoms with Gasteiger partial charge in [-0.3, -0.25) is 19.6 Å². The molecule has 0 aliphatic rings. The van der Waals surface area contributed by atoms with Gasteiger partial charge in [-0.05, 0) is 34.1 Å². The van der Waals surface area contributed by atoms with Crippen LogP contribution < -0.4 is 5.32 Å². The van der Waals surface area contributed by atoms with Crippen LogP contribution in [0.15, 0.2) is 0 Å². The monoisotopic (exact) mass is 268 g/mol. The van der Waals surface area contributed by atoms with E-state index in [0.29, 0.717) is 11.4 Å². The van der Waals surface area contributed by atoms with Gasteiger partial charge in [0.1, 0.15) is 17.4 Å². The van der Waals surface area contributed by atoms with Gasteiger partial charge in [-0.2, -0.15) is 5.10 Å². The van der Waals surface area contributed by atoms with Crippen LogP contribution >= 0.6 is 0 Å². The van der Waals surface area contributed by atoms with Crippen LogP contribution in [0.4, 0.5) is 5.69 Å². The Balaban J connectivity index is 3.01. The molecular formula is C12H20N4O3. The second-order valence-electron chi connectivity index (χ2n) is 4.71. The van der Waals surface area contributed by atoms with E-state index in [1.807, 2.05) is 13.8 Å². The fourth-order valence-electron chi connectivity index (χ4n) is 1.87. The van der Waals surface area contributed by atoms with E-state index in [4.69, 9.17) is 0 Å². The van der Waals surface area contributed by atoms with Gasteiger partial charge in [-0.1, -0.05) is 6.92 Å². The lowest BCUT2D eigenvalue weighted by molar-refractivity contribution is -0.386. The Kier molecular flexibility index (Phi) is 4.63. The largest absolute Gasteiger partial charge is 0.352 e. The van der Waals surface area contributed by atoms with Crippen LogP contribution in [-0.4, -0.2) is 26.7 Å². The minimum Gasteiger partial charge on any atom is -0.352 e. The number of hydrogen-bond acceptors (Lipinski definition) is 4. The van der Waals surface area contributed by atoms with Gasteiger partial charge in [0.2, 0.25) is 5.91 Å². The molecule has 1 aromatic heterocycles. The average Bonchev–Trinajstić information content (AvgIpc) is 2.63. The number of carbonyl (C=O) groups is 1. The third-order valence-electron chi connectivity index (χ3n) is 3.22. The van der Waals surface area contributed by atoms with Crippen LogP contribution in [-0.2, 0) is 4.79 Å². The molecule has 0 radical (unpaired) electrons. The van der Waals surface area contributed by atoms with Gasteiger partial charge in [0, 0.05) is 6.04 Å². The summed E-state index contributed by atoms with van der Waals surface area (Å²) in [6, 6.07) is -0.497. The highest BCUT2D eigenvalue weighted by molar-refractivity contribution is 5.80. The zero-order valence-corrected chi connectivity index (χ0v) is 11.9. The summed E-state index contributed by atoms with van der Waals surface area (Å²) >= 11 is 0. The molecule has 2 unspecified atom stereocenters. The first kappa shape index (κ1) is 15.1. The Morgan fingerprint density at radius 2 is 2.05 bits per heavy atom. The van der Waals surface area contributed by atoms with Crippen molar-refractivity contribution >= 4 is 11.6 Å². The average molecular weight is 268 g/mol. The minimum absolute atomic E-state index is 0.0248. The zero-order valence-electron chi connectivity index (χ0n) is 11.9. The minimum atomic E-state index is -0.568. The summed E-state index contributed by atoms with van der Waals surface area (Å²) in [4.78, 5) is 22.5. The van der Waals surface area contributed by atoms with Crippen molar-refractivity contribution in [3.8, 4) is 0 Å². The highest BCUT2D eigenvalue weighted by Gasteiger charge is 2.27. The van der Waals surface area contributed by atoms with Gasteiger partial charge in [0.15, 0.2) is 0 Å². The van der Waals surface area contributed by atoms with E-state index in [-0.39, 0.29) is 17.6 Å². The number of aromatic nitrogens is 2. The van der Waals surface area contributed by atoms with Crippen molar-refractivity contribution in [2.45, 2.75) is 53.1 Å². The first-order chi connectivity index (χ1) is 8.79. The molecule has 1 amide bonds. The maximum absolute atomic E-state index is 12.0. The van der Waals surface area contributed by atoms with E-state index in [0.717, 1.165) is 6.42 Å². The molecule has 0 saturated heterocycles. The van der Waals surface area contributed by atoms with E-state index < -0.39 is 11.0 Å². The number of aryl methyl sites for hydroxylation is 1. The Labute approximate surface area is 112 Å². The van der Waals surface area contributed by atoms with Gasteiger partial charge < -0.3 is 5.32 Å². The number of amides is 1. The van der Waals surface area contributed by atoms with Crippen molar-refractivity contribution in [3.63, 3.8) is 0 Å². The number of nitro groups is 1. The molecule has 106 valence electrons. The Morgan fingerprint density at radius 3 is 2.47 bits per heavy atom. The van der Waals surface area contributed by atoms with Gasteiger partial charge in [0.25, 0.3) is 0 Å². The van der Waals surface area contributed by atoms with Crippen LogP contribution in [0.3, 0.4) is 0 Å². The Hall–Kier alpha value is -1.92. The summed E-state index contributed by atoms with van der Waals surface area (Å²) in [5.41, 5.74) is 0.697. The quantitative estimate of drug-likeness (QED) is 0.652. The maximum Gasteiger partial charge on any atom is 0.312 e. The van der Waals surface area contributed by atoms with Crippen LogP contribution in [0.5, 0.6) is 0 Å². The van der Waals surface area contributed by atoms with Gasteiger partial charge in [-0.25, -0.2) is 0 Å². The normalized spacial score (nSPS) is 13.9. The predicted molar refractivity (Wildman–Crippen MR) is 71.0 cm³/mol. The number of rotatable bonds is 5. The van der Waals surface area contributed by atoms with Crippen molar-refractivity contribution < 1.29 is 9.72 Å². The maximum atomic E-state index is 12.0. The predicted octanol–water partition coefficient (Wildman–Crippen LogP) is 1.88. The number of carbonyl (C=O) groups excluding carboxylic acids is 1. The molecular weight excluding hydrogens is 248 g/mol. The second-order valence-corrected chi connectivity index (χ2v) is 4.71. The summed E-state index contributed by atoms with van der Waals surface area (Å²) in [7, 11) is 0. The van der Waals surface area contributed by atoms with Crippen molar-refractivity contribution in [1.29, 1.82) is 0 Å². The first-order valence-corrected chi connectivity index (χ1v) is 6.30. The molecule has 2 atom stereocenters. The molecule has 0 fully saturated rings. The van der Waals surface area contributed by atoms with Crippen LogP contribution in [0.2, 0.25) is 0 Å². The van der Waals surface area contributed by atoms with E-state index in [1.165, 1.54) is 4.68 Å². The molecule has 1 N–H and O–H groups in total. The Bertz CT molecular complexity index is 495. The molecule has 0 aliphatic heterocycles. The molecule has 0 spiro atoms. The van der Waals surface area contributed by atoms with Crippen LogP contribution in [0.25, 0.3) is 0 Å². The van der Waals surface area contributed by atoms with E-state index >= 15 is 0 Å². The Morgan fingerprint density at radius 1 is 1.47 bits per heavy atom. The molecule has 0 bridgehead atoms. The van der Waals surface area contributed by atoms with Crippen molar-refractivity contribution in [2.24, 2.45) is 0 Å². The second kappa shape index (κ2) is 5.81. The van der Waals surface area contributed by atoms with Crippen molar-refractivity contribution in [3.05, 3.63) is 21.5 Å². The van der Waals surface area contributed by atoms with Crippen molar-refractivity contribution in [2.75, 3.05) is 0 Å². The van der Waals surface area contributed by atoms with Gasteiger partial charge in [0.05, 0.1) is 4.92 Å². The number of hydrogen-bond donors (Lipinski definition) is 1. The molecule has 1 rings (SSSR count). The summed E-state index contributed by atoms with van der Waals surface area (Å²) in [6.07, 6.45) is 0.829. The fourth-order valence-corrected chi connectivity index (χ4v) is 1.87. The molecule has 7 nitrogen and oxygen atoms in total. The topological polar surface area (TPSA) is 90.1 Å². The smallest absolute Gasteiger partial charge is 0.312 e. The molecule has 1 heterocycles. The SMILES string of the molecule is CCC(C)NC(=O)C(C)n1nc(C)c([N+](=O)[O-])c1C. The summed E-state index contributed by atoms with van der Waals surface area (Å²) in [5, 5.41) is 17.9. The third-order valence-corrected chi connectivity index (χ3v) is 3.22. The molecule has 0 aliphatic carbocycles. The first-order valence-electron chi connectivity index (χ1n) is 6.30. The fraction of sp³-hybridized carbons (Fsp3) is 0.667. The lowest BCUT2D eigenvalue weighted by Gasteiger charge is -2.17. The van der Waals surface area contributed by atoms with Crippen LogP contribution in [0, 0.1) is 24.0 Å². The number of nitrogens with zero attached hydrogens (tertiary/aromatic N) is 3. The van der Waals surface area contributed by atoms with Gasteiger partial charge in [-0.15, -0.1) is 0 Å². The summed E-state index contributed by atoms with van der Waals surface area (Å²) in [6.45, 7) is 8.74. The van der Waals surface area contributed by atoms with Crippen molar-refractivity contribution in [1.82, 2.24) is 15.1 Å². The van der Waals surface area contributed by atoms with Gasteiger partial charge >= 0.3 is 5.69 Å². The summed E-state index contributed by atoms with van der Waals surface area (Å²) in [5.74, 6) is -0.185. The van der Waals surface area contributed by atoms with E-state index in [9.17, 15) is 14.9 Å². The highest BCUT2D eigenvalue weighted by Crippen LogP contribution is 2.24. The molecule has 7 heteroatoms. The van der Waals surface area contributed by atoms with E-state index in [1.54, 1.807) is 20.8 Å². The molecule has 1 aromatic rings. The lowest BCUT2D eigenvalue weighted by atomic mass is 10.2. The summed E-state index contributed by atoms with van der Waals surface area (Å²) < 4.78 is 1.41. The highest BCUT2D eigenvalue weighted by atomic mass is 16.6. The van der Waals surface area contributed by atoms with E-state index in [2.05, 4.69) is 10.4 Å². The third kappa shape index (κ3) is 3.10. The molecule has 0 aromatic carbocycles. The zero-order chi connectivity index (χ0) is 14.7. The lowest BCUT2D eigenvalue weighted by Crippen LogP contribution is -2.37. The van der Waals surface area contributed by atoms with Crippen LogP contribution in [0.1, 0.15) is 44.6 Å². The standard InChI is InChI=1S/C12H20N4O3/c1-6-7(2)13-12(17)10(5)15-9(4)11(16(18)19)8(3)14-15/h7,10H,6H2,1-5H3,(H,13,17). The number of nitrogens with one attached hydrogen (secondary N) is 1. The molecule has 19 heavy (non-hydrogen) atoms. The molecule has 0 saturated carbocycles.